The van der Waals surface area contributed by atoms with E-state index in [4.69, 9.17) is 10.8 Å². The number of carboxylic acid groups (broad SMARTS) is 1. The topological polar surface area (TPSA) is 92.4 Å². The molecule has 0 heterocycles. The average Bonchev–Trinajstić information content (AvgIpc) is 2.48. The number of ketones is 1. The molecule has 2 aromatic rings. The first kappa shape index (κ1) is 14.7. The third-order valence-electron chi connectivity index (χ3n) is 3.05. The van der Waals surface area contributed by atoms with E-state index in [1.807, 2.05) is 0 Å². The van der Waals surface area contributed by atoms with Crippen molar-refractivity contribution in [3.8, 4) is 0 Å². The highest BCUT2D eigenvalue weighted by atomic mass is 16.4. The SMILES string of the molecule is Nc1ccc(C(=O)CNCc2ccc(C(=O)O)cc2)cc1. The number of carbonyl (C=O) groups excluding carboxylic acids is 1. The zero-order chi connectivity index (χ0) is 15.2. The Kier molecular flexibility index (Phi) is 4.68. The molecule has 0 atom stereocenters. The molecule has 108 valence electrons. The fourth-order valence-electron chi connectivity index (χ4n) is 1.86. The van der Waals surface area contributed by atoms with Crippen molar-refractivity contribution in [3.63, 3.8) is 0 Å². The molecule has 0 bridgehead atoms. The van der Waals surface area contributed by atoms with Gasteiger partial charge in [-0.15, -0.1) is 0 Å². The van der Waals surface area contributed by atoms with E-state index in [1.165, 1.54) is 0 Å². The van der Waals surface area contributed by atoms with E-state index in [0.717, 1.165) is 5.56 Å². The molecule has 5 nitrogen and oxygen atoms in total. The normalized spacial score (nSPS) is 10.3. The molecule has 2 aromatic carbocycles. The molecular weight excluding hydrogens is 268 g/mol. The van der Waals surface area contributed by atoms with Gasteiger partial charge in [0.2, 0.25) is 0 Å². The molecule has 4 N–H and O–H groups in total. The van der Waals surface area contributed by atoms with Crippen LogP contribution in [0.5, 0.6) is 0 Å². The molecule has 2 rings (SSSR count). The number of carbonyl (C=O) groups is 2. The molecule has 0 saturated carbocycles. The highest BCUT2D eigenvalue weighted by Crippen LogP contribution is 2.07. The number of nitrogens with one attached hydrogen (secondary N) is 1. The predicted molar refractivity (Wildman–Crippen MR) is 80.3 cm³/mol. The minimum absolute atomic E-state index is 0.0165. The van der Waals surface area contributed by atoms with Crippen LogP contribution in [0.25, 0.3) is 0 Å². The van der Waals surface area contributed by atoms with Crippen molar-refractivity contribution in [1.82, 2.24) is 5.32 Å². The summed E-state index contributed by atoms with van der Waals surface area (Å²) in [4.78, 5) is 22.6. The number of nitrogen functional groups attached to an aromatic ring is 1. The van der Waals surface area contributed by atoms with Gasteiger partial charge in [0.05, 0.1) is 12.1 Å². The van der Waals surface area contributed by atoms with Crippen molar-refractivity contribution < 1.29 is 14.7 Å². The molecule has 0 amide bonds. The summed E-state index contributed by atoms with van der Waals surface area (Å²) in [6.07, 6.45) is 0. The van der Waals surface area contributed by atoms with Gasteiger partial charge in [0, 0.05) is 17.8 Å². The van der Waals surface area contributed by atoms with Crippen molar-refractivity contribution in [2.45, 2.75) is 6.54 Å². The van der Waals surface area contributed by atoms with Gasteiger partial charge in [-0.2, -0.15) is 0 Å². The second-order valence-corrected chi connectivity index (χ2v) is 4.65. The number of rotatable bonds is 6. The van der Waals surface area contributed by atoms with Crippen LogP contribution in [0.2, 0.25) is 0 Å². The van der Waals surface area contributed by atoms with Crippen LogP contribution in [0, 0.1) is 0 Å². The lowest BCUT2D eigenvalue weighted by molar-refractivity contribution is 0.0696. The second-order valence-electron chi connectivity index (χ2n) is 4.65. The summed E-state index contributed by atoms with van der Waals surface area (Å²) in [5.74, 6) is -0.967. The lowest BCUT2D eigenvalue weighted by atomic mass is 10.1. The third-order valence-corrected chi connectivity index (χ3v) is 3.05. The molecule has 0 spiro atoms. The number of carboxylic acids is 1. The van der Waals surface area contributed by atoms with Gasteiger partial charge in [-0.05, 0) is 42.0 Å². The Bertz CT molecular complexity index is 634. The molecule has 0 aliphatic rings. The van der Waals surface area contributed by atoms with Gasteiger partial charge in [-0.1, -0.05) is 12.1 Å². The van der Waals surface area contributed by atoms with Gasteiger partial charge in [0.15, 0.2) is 5.78 Å². The highest BCUT2D eigenvalue weighted by molar-refractivity contribution is 5.97. The zero-order valence-electron chi connectivity index (χ0n) is 11.4. The van der Waals surface area contributed by atoms with Gasteiger partial charge in [-0.3, -0.25) is 4.79 Å². The maximum absolute atomic E-state index is 11.9. The van der Waals surface area contributed by atoms with E-state index >= 15 is 0 Å². The van der Waals surface area contributed by atoms with Crippen LogP contribution in [-0.2, 0) is 6.54 Å². The summed E-state index contributed by atoms with van der Waals surface area (Å²) < 4.78 is 0. The van der Waals surface area contributed by atoms with E-state index in [-0.39, 0.29) is 17.9 Å². The predicted octanol–water partition coefficient (Wildman–Crippen LogP) is 1.94. The standard InChI is InChI=1S/C16H16N2O3/c17-14-7-5-12(6-8-14)15(19)10-18-9-11-1-3-13(4-2-11)16(20)21/h1-8,18H,9-10,17H2,(H,20,21). The summed E-state index contributed by atoms with van der Waals surface area (Å²) in [6.45, 7) is 0.714. The van der Waals surface area contributed by atoms with E-state index in [0.29, 0.717) is 17.8 Å². The van der Waals surface area contributed by atoms with Gasteiger partial charge in [0.1, 0.15) is 0 Å². The van der Waals surface area contributed by atoms with E-state index < -0.39 is 5.97 Å². The van der Waals surface area contributed by atoms with Crippen LogP contribution in [-0.4, -0.2) is 23.4 Å². The smallest absolute Gasteiger partial charge is 0.335 e. The molecule has 21 heavy (non-hydrogen) atoms. The van der Waals surface area contributed by atoms with Crippen molar-refractivity contribution in [1.29, 1.82) is 0 Å². The summed E-state index contributed by atoms with van der Waals surface area (Å²) in [5, 5.41) is 11.8. The Morgan fingerprint density at radius 1 is 0.952 bits per heavy atom. The maximum atomic E-state index is 11.9. The molecular formula is C16H16N2O3. The fraction of sp³-hybridized carbons (Fsp3) is 0.125. The van der Waals surface area contributed by atoms with E-state index in [1.54, 1.807) is 48.5 Å². The molecule has 0 radical (unpaired) electrons. The average molecular weight is 284 g/mol. The van der Waals surface area contributed by atoms with E-state index in [2.05, 4.69) is 5.32 Å². The summed E-state index contributed by atoms with van der Waals surface area (Å²) in [6, 6.07) is 13.3. The van der Waals surface area contributed by atoms with Gasteiger partial charge < -0.3 is 16.2 Å². The molecule has 0 unspecified atom stereocenters. The Morgan fingerprint density at radius 3 is 2.10 bits per heavy atom. The molecule has 0 aliphatic heterocycles. The Balaban J connectivity index is 1.85. The first-order valence-electron chi connectivity index (χ1n) is 6.48. The Morgan fingerprint density at radius 2 is 1.52 bits per heavy atom. The van der Waals surface area contributed by atoms with Crippen LogP contribution < -0.4 is 11.1 Å². The number of nitrogens with two attached hydrogens (primary N) is 1. The minimum Gasteiger partial charge on any atom is -0.478 e. The molecule has 0 aromatic heterocycles. The number of Topliss-reactive ketones (excluding diaryl/α,β-unsaturated/α-hetero) is 1. The Hall–Kier alpha value is -2.66. The second kappa shape index (κ2) is 6.67. The molecule has 0 saturated heterocycles. The van der Waals surface area contributed by atoms with Gasteiger partial charge in [-0.25, -0.2) is 4.79 Å². The highest BCUT2D eigenvalue weighted by Gasteiger charge is 2.05. The fourth-order valence-corrected chi connectivity index (χ4v) is 1.86. The number of hydrogen-bond donors (Lipinski definition) is 3. The number of anilines is 1. The van der Waals surface area contributed by atoms with Crippen LogP contribution >= 0.6 is 0 Å². The van der Waals surface area contributed by atoms with Crippen molar-refractivity contribution in [2.75, 3.05) is 12.3 Å². The quantitative estimate of drug-likeness (QED) is 0.557. The summed E-state index contributed by atoms with van der Waals surface area (Å²) in [7, 11) is 0. The van der Waals surface area contributed by atoms with Crippen LogP contribution in [0.15, 0.2) is 48.5 Å². The van der Waals surface area contributed by atoms with Crippen LogP contribution in [0.1, 0.15) is 26.3 Å². The van der Waals surface area contributed by atoms with Crippen molar-refractivity contribution in [2.24, 2.45) is 0 Å². The number of benzene rings is 2. The third kappa shape index (κ3) is 4.15. The minimum atomic E-state index is -0.951. The van der Waals surface area contributed by atoms with E-state index in [9.17, 15) is 9.59 Å². The van der Waals surface area contributed by atoms with Gasteiger partial charge >= 0.3 is 5.97 Å². The number of hydrogen-bond acceptors (Lipinski definition) is 4. The largest absolute Gasteiger partial charge is 0.478 e. The van der Waals surface area contributed by atoms with Crippen molar-refractivity contribution >= 4 is 17.4 Å². The van der Waals surface area contributed by atoms with Crippen molar-refractivity contribution in [3.05, 3.63) is 65.2 Å². The molecule has 0 fully saturated rings. The maximum Gasteiger partial charge on any atom is 0.335 e. The first-order valence-corrected chi connectivity index (χ1v) is 6.48. The van der Waals surface area contributed by atoms with Crippen LogP contribution in [0.4, 0.5) is 5.69 Å². The Labute approximate surface area is 122 Å². The lowest BCUT2D eigenvalue weighted by Crippen LogP contribution is -2.22. The van der Waals surface area contributed by atoms with Gasteiger partial charge in [0.25, 0.3) is 0 Å². The molecule has 5 heteroatoms. The monoisotopic (exact) mass is 284 g/mol. The number of aromatic carboxylic acids is 1. The zero-order valence-corrected chi connectivity index (χ0v) is 11.4. The van der Waals surface area contributed by atoms with Crippen LogP contribution in [0.3, 0.4) is 0 Å². The summed E-state index contributed by atoms with van der Waals surface area (Å²) >= 11 is 0. The lowest BCUT2D eigenvalue weighted by Gasteiger charge is -2.05. The first-order chi connectivity index (χ1) is 10.1. The molecule has 0 aliphatic carbocycles. The summed E-state index contributed by atoms with van der Waals surface area (Å²) in [5.41, 5.74) is 7.97.